The highest BCUT2D eigenvalue weighted by Crippen LogP contribution is 2.24. The fourth-order valence-electron chi connectivity index (χ4n) is 4.18. The molecule has 0 spiro atoms. The normalized spacial score (nSPS) is 12.6. The lowest BCUT2D eigenvalue weighted by Crippen LogP contribution is -2.01. The first-order chi connectivity index (χ1) is 12.8. The molecule has 1 atom stereocenters. The molecule has 0 aromatic carbocycles. The maximum Gasteiger partial charge on any atom is -0.0414 e. The molecule has 0 heterocycles. The van der Waals surface area contributed by atoms with Gasteiger partial charge >= 0.3 is 0 Å². The minimum Gasteiger partial charge on any atom is -0.0654 e. The zero-order valence-corrected chi connectivity index (χ0v) is 18.8. The largest absolute Gasteiger partial charge is 0.0654 e. The van der Waals surface area contributed by atoms with E-state index in [1.165, 1.54) is 135 Å². The third-order valence-electron chi connectivity index (χ3n) is 6.04. The van der Waals surface area contributed by atoms with Crippen LogP contribution in [0.1, 0.15) is 155 Å². The first-order valence-corrected chi connectivity index (χ1v) is 12.6. The topological polar surface area (TPSA) is 0 Å². The van der Waals surface area contributed by atoms with E-state index >= 15 is 0 Å². The first-order valence-electron chi connectivity index (χ1n) is 12.6. The summed E-state index contributed by atoms with van der Waals surface area (Å²) >= 11 is 0. The fourth-order valence-corrected chi connectivity index (χ4v) is 4.18. The van der Waals surface area contributed by atoms with Crippen molar-refractivity contribution >= 4 is 0 Å². The Balaban J connectivity index is 3.70. The molecule has 1 unspecified atom stereocenters. The predicted octanol–water partition coefficient (Wildman–Crippen LogP) is 10.1. The van der Waals surface area contributed by atoms with Crippen molar-refractivity contribution in [3.8, 4) is 0 Å². The van der Waals surface area contributed by atoms with Gasteiger partial charge in [-0.2, -0.15) is 0 Å². The Morgan fingerprint density at radius 3 is 1.08 bits per heavy atom. The summed E-state index contributed by atoms with van der Waals surface area (Å²) in [4.78, 5) is 0. The SMILES string of the molecule is [CH2]CCCCCC(CCCCCCCCC)CCCCCCCCCC. The lowest BCUT2D eigenvalue weighted by atomic mass is 9.89. The van der Waals surface area contributed by atoms with Crippen LogP contribution in [0.2, 0.25) is 0 Å². The minimum absolute atomic E-state index is 1.02. The Morgan fingerprint density at radius 1 is 0.423 bits per heavy atom. The molecule has 0 fully saturated rings. The van der Waals surface area contributed by atoms with Gasteiger partial charge in [-0.15, -0.1) is 0 Å². The molecule has 157 valence electrons. The summed E-state index contributed by atoms with van der Waals surface area (Å²) in [5, 5.41) is 0. The molecule has 0 rings (SSSR count). The zero-order chi connectivity index (χ0) is 19.1. The summed E-state index contributed by atoms with van der Waals surface area (Å²) in [5.41, 5.74) is 0. The lowest BCUT2D eigenvalue weighted by molar-refractivity contribution is 0.366. The van der Waals surface area contributed by atoms with Crippen LogP contribution < -0.4 is 0 Å². The summed E-state index contributed by atoms with van der Waals surface area (Å²) in [6, 6.07) is 0. The van der Waals surface area contributed by atoms with E-state index in [9.17, 15) is 0 Å². The molecule has 0 saturated carbocycles. The van der Waals surface area contributed by atoms with Gasteiger partial charge in [0, 0.05) is 0 Å². The molecule has 0 aliphatic rings. The van der Waals surface area contributed by atoms with Crippen molar-refractivity contribution in [1.29, 1.82) is 0 Å². The summed E-state index contributed by atoms with van der Waals surface area (Å²) < 4.78 is 0. The molecule has 26 heavy (non-hydrogen) atoms. The second-order valence-corrected chi connectivity index (χ2v) is 8.74. The van der Waals surface area contributed by atoms with Gasteiger partial charge in [0.1, 0.15) is 0 Å². The molecule has 0 N–H and O–H groups in total. The van der Waals surface area contributed by atoms with Crippen LogP contribution in [0.25, 0.3) is 0 Å². The third kappa shape index (κ3) is 20.3. The Hall–Kier alpha value is 0. The third-order valence-corrected chi connectivity index (χ3v) is 6.04. The van der Waals surface area contributed by atoms with Crippen LogP contribution in [-0.2, 0) is 0 Å². The van der Waals surface area contributed by atoms with Crippen molar-refractivity contribution in [2.75, 3.05) is 0 Å². The smallest absolute Gasteiger partial charge is 0.0414 e. The van der Waals surface area contributed by atoms with Crippen LogP contribution in [0.4, 0.5) is 0 Å². The fraction of sp³-hybridized carbons (Fsp3) is 0.962. The Morgan fingerprint density at radius 2 is 0.731 bits per heavy atom. The van der Waals surface area contributed by atoms with Crippen LogP contribution in [-0.4, -0.2) is 0 Å². The Bertz CT molecular complexity index is 232. The van der Waals surface area contributed by atoms with Gasteiger partial charge in [0.15, 0.2) is 0 Å². The molecular formula is C26H53. The van der Waals surface area contributed by atoms with Gasteiger partial charge in [-0.25, -0.2) is 0 Å². The van der Waals surface area contributed by atoms with Crippen molar-refractivity contribution in [2.24, 2.45) is 5.92 Å². The molecule has 0 aliphatic heterocycles. The Labute approximate surface area is 168 Å². The molecule has 0 amide bonds. The second kappa shape index (κ2) is 23.0. The van der Waals surface area contributed by atoms with Gasteiger partial charge in [0.05, 0.1) is 0 Å². The summed E-state index contributed by atoms with van der Waals surface area (Å²) in [7, 11) is 0. The van der Waals surface area contributed by atoms with Gasteiger partial charge < -0.3 is 0 Å². The quantitative estimate of drug-likeness (QED) is 0.167. The van der Waals surface area contributed by atoms with E-state index in [0.717, 1.165) is 12.3 Å². The molecule has 0 nitrogen and oxygen atoms in total. The van der Waals surface area contributed by atoms with Crippen LogP contribution >= 0.6 is 0 Å². The van der Waals surface area contributed by atoms with E-state index in [0.29, 0.717) is 0 Å². The molecule has 0 heteroatoms. The van der Waals surface area contributed by atoms with Crippen LogP contribution in [0.15, 0.2) is 0 Å². The lowest BCUT2D eigenvalue weighted by Gasteiger charge is -2.17. The molecular weight excluding hydrogens is 312 g/mol. The molecule has 0 aromatic rings. The number of unbranched alkanes of at least 4 members (excludes halogenated alkanes) is 16. The summed E-state index contributed by atoms with van der Waals surface area (Å²) in [6.45, 7) is 8.61. The van der Waals surface area contributed by atoms with E-state index in [1.54, 1.807) is 0 Å². The standard InChI is InChI=1S/C26H53/c1-4-7-10-13-15-17-19-22-25-26(23-20-12-9-6-3)24-21-18-16-14-11-8-5-2/h26H,3-25H2,1-2H3. The highest BCUT2D eigenvalue weighted by Gasteiger charge is 2.08. The van der Waals surface area contributed by atoms with E-state index in [-0.39, 0.29) is 0 Å². The van der Waals surface area contributed by atoms with E-state index < -0.39 is 0 Å². The molecule has 1 radical (unpaired) electrons. The molecule has 0 bridgehead atoms. The van der Waals surface area contributed by atoms with Crippen molar-refractivity contribution < 1.29 is 0 Å². The second-order valence-electron chi connectivity index (χ2n) is 8.74. The number of hydrogen-bond acceptors (Lipinski definition) is 0. The monoisotopic (exact) mass is 365 g/mol. The van der Waals surface area contributed by atoms with Gasteiger partial charge in [-0.05, 0) is 5.92 Å². The van der Waals surface area contributed by atoms with Gasteiger partial charge in [-0.1, -0.05) is 162 Å². The van der Waals surface area contributed by atoms with Crippen LogP contribution in [0.3, 0.4) is 0 Å². The van der Waals surface area contributed by atoms with E-state index in [4.69, 9.17) is 0 Å². The van der Waals surface area contributed by atoms with E-state index in [1.807, 2.05) is 0 Å². The number of hydrogen-bond donors (Lipinski definition) is 0. The average Bonchev–Trinajstić information content (AvgIpc) is 2.65. The van der Waals surface area contributed by atoms with Crippen molar-refractivity contribution in [3.05, 3.63) is 6.92 Å². The maximum atomic E-state index is 3.99. The van der Waals surface area contributed by atoms with Crippen molar-refractivity contribution in [3.63, 3.8) is 0 Å². The molecule has 0 aromatic heterocycles. The number of rotatable bonds is 22. The zero-order valence-electron chi connectivity index (χ0n) is 18.8. The van der Waals surface area contributed by atoms with Crippen LogP contribution in [0.5, 0.6) is 0 Å². The van der Waals surface area contributed by atoms with Gasteiger partial charge in [0.2, 0.25) is 0 Å². The van der Waals surface area contributed by atoms with Gasteiger partial charge in [0.25, 0.3) is 0 Å². The highest BCUT2D eigenvalue weighted by atomic mass is 14.1. The van der Waals surface area contributed by atoms with Gasteiger partial charge in [-0.3, -0.25) is 0 Å². The average molecular weight is 366 g/mol. The predicted molar refractivity (Wildman–Crippen MR) is 122 cm³/mol. The summed E-state index contributed by atoms with van der Waals surface area (Å²) in [5.74, 6) is 1.02. The van der Waals surface area contributed by atoms with E-state index in [2.05, 4.69) is 20.8 Å². The van der Waals surface area contributed by atoms with Crippen molar-refractivity contribution in [2.45, 2.75) is 155 Å². The minimum atomic E-state index is 1.02. The highest BCUT2D eigenvalue weighted by molar-refractivity contribution is 4.62. The Kier molecular flexibility index (Phi) is 23.0. The maximum absolute atomic E-state index is 3.99. The summed E-state index contributed by atoms with van der Waals surface area (Å²) in [6.07, 6.45) is 31.7. The molecule has 0 saturated heterocycles. The van der Waals surface area contributed by atoms with Crippen molar-refractivity contribution in [1.82, 2.24) is 0 Å². The molecule has 0 aliphatic carbocycles. The first kappa shape index (κ1) is 26.0. The van der Waals surface area contributed by atoms with Crippen LogP contribution in [0, 0.1) is 12.8 Å².